The van der Waals surface area contributed by atoms with Crippen LogP contribution in [0.2, 0.25) is 0 Å². The molecule has 0 unspecified atom stereocenters. The summed E-state index contributed by atoms with van der Waals surface area (Å²) in [4.78, 5) is 10.5. The van der Waals surface area contributed by atoms with E-state index in [0.29, 0.717) is 11.3 Å². The summed E-state index contributed by atoms with van der Waals surface area (Å²) in [7, 11) is 0. The van der Waals surface area contributed by atoms with Crippen molar-refractivity contribution < 1.29 is 0 Å². The van der Waals surface area contributed by atoms with Crippen LogP contribution in [-0.4, -0.2) is 51.2 Å². The molecule has 4 rings (SSSR count). The summed E-state index contributed by atoms with van der Waals surface area (Å²) in [6.07, 6.45) is 0. The van der Waals surface area contributed by atoms with Gasteiger partial charge in [0, 0.05) is 26.2 Å². The molecule has 110 valence electrons. The molecular formula is C14H14N8. The lowest BCUT2D eigenvalue weighted by Crippen LogP contribution is -2.44. The Morgan fingerprint density at radius 2 is 2.09 bits per heavy atom. The number of rotatable bonds is 1. The summed E-state index contributed by atoms with van der Waals surface area (Å²) in [5.74, 6) is 0.777. The van der Waals surface area contributed by atoms with E-state index in [0.717, 1.165) is 48.6 Å². The second-order valence-corrected chi connectivity index (χ2v) is 5.33. The molecule has 22 heavy (non-hydrogen) atoms. The molecule has 0 atom stereocenters. The highest BCUT2D eigenvalue weighted by molar-refractivity contribution is 5.86. The van der Waals surface area contributed by atoms with Crippen LogP contribution in [0.15, 0.2) is 12.1 Å². The van der Waals surface area contributed by atoms with Crippen molar-refractivity contribution in [3.05, 3.63) is 29.1 Å². The molecule has 1 saturated heterocycles. The first kappa shape index (κ1) is 12.9. The minimum Gasteiger partial charge on any atom is -0.351 e. The zero-order chi connectivity index (χ0) is 15.1. The molecule has 1 aliphatic heterocycles. The number of nitrogens with one attached hydrogen (secondary N) is 1. The Morgan fingerprint density at radius 1 is 1.27 bits per heavy atom. The Labute approximate surface area is 126 Å². The Kier molecular flexibility index (Phi) is 2.87. The van der Waals surface area contributed by atoms with E-state index in [9.17, 15) is 0 Å². The van der Waals surface area contributed by atoms with Gasteiger partial charge in [-0.3, -0.25) is 0 Å². The Balaban J connectivity index is 2.01. The Bertz CT molecular complexity index is 900. The maximum absolute atomic E-state index is 7.27. The first-order chi connectivity index (χ1) is 10.8. The van der Waals surface area contributed by atoms with Crippen LogP contribution in [0.5, 0.6) is 0 Å². The molecule has 0 bridgehead atoms. The average Bonchev–Trinajstić information content (AvgIpc) is 3.04. The zero-order valence-corrected chi connectivity index (χ0v) is 12.1. The van der Waals surface area contributed by atoms with Gasteiger partial charge in [-0.2, -0.15) is 4.52 Å². The van der Waals surface area contributed by atoms with Crippen LogP contribution in [-0.2, 0) is 0 Å². The third kappa shape index (κ3) is 1.87. The van der Waals surface area contributed by atoms with Gasteiger partial charge >= 0.3 is 0 Å². The fourth-order valence-corrected chi connectivity index (χ4v) is 2.79. The SMILES string of the molecule is [C-]#[N+]c1cc2nc(N3CCNCC3)c3nnnn3c2cc1C. The molecule has 1 aromatic carbocycles. The second-order valence-electron chi connectivity index (χ2n) is 5.33. The standard InChI is InChI=1S/C14H14N8/c1-9-7-12-11(8-10(9)15-2)17-13(14-18-19-20-22(12)14)21-5-3-16-4-6-21/h7-8,16H,3-6H2,1H3. The number of hydrogen-bond donors (Lipinski definition) is 1. The molecule has 0 amide bonds. The second kappa shape index (κ2) is 4.89. The lowest BCUT2D eigenvalue weighted by atomic mass is 10.1. The average molecular weight is 294 g/mol. The molecule has 0 aliphatic carbocycles. The van der Waals surface area contributed by atoms with Crippen molar-refractivity contribution in [2.75, 3.05) is 31.1 Å². The first-order valence-corrected chi connectivity index (χ1v) is 7.13. The van der Waals surface area contributed by atoms with Crippen molar-refractivity contribution in [1.29, 1.82) is 0 Å². The molecule has 2 aromatic heterocycles. The van der Waals surface area contributed by atoms with Crippen molar-refractivity contribution >= 4 is 28.2 Å². The highest BCUT2D eigenvalue weighted by atomic mass is 15.5. The van der Waals surface area contributed by atoms with E-state index in [1.54, 1.807) is 4.52 Å². The zero-order valence-electron chi connectivity index (χ0n) is 12.1. The minimum atomic E-state index is 0.610. The van der Waals surface area contributed by atoms with Crippen molar-refractivity contribution in [2.24, 2.45) is 0 Å². The third-order valence-electron chi connectivity index (χ3n) is 3.95. The molecule has 0 radical (unpaired) electrons. The fraction of sp³-hybridized carbons (Fsp3) is 0.357. The van der Waals surface area contributed by atoms with E-state index in [1.165, 1.54) is 0 Å². The number of nitrogens with zero attached hydrogens (tertiary/aromatic N) is 7. The number of aromatic nitrogens is 5. The van der Waals surface area contributed by atoms with Crippen molar-refractivity contribution in [1.82, 2.24) is 30.3 Å². The van der Waals surface area contributed by atoms with E-state index >= 15 is 0 Å². The molecule has 8 heteroatoms. The van der Waals surface area contributed by atoms with Crippen LogP contribution in [0.4, 0.5) is 11.5 Å². The van der Waals surface area contributed by atoms with E-state index in [-0.39, 0.29) is 0 Å². The third-order valence-corrected chi connectivity index (χ3v) is 3.95. The molecule has 8 nitrogen and oxygen atoms in total. The van der Waals surface area contributed by atoms with Crippen molar-refractivity contribution in [3.8, 4) is 0 Å². The van der Waals surface area contributed by atoms with Crippen molar-refractivity contribution in [3.63, 3.8) is 0 Å². The van der Waals surface area contributed by atoms with Gasteiger partial charge in [0.05, 0.1) is 17.6 Å². The topological polar surface area (TPSA) is 75.6 Å². The lowest BCUT2D eigenvalue weighted by Gasteiger charge is -2.28. The highest BCUT2D eigenvalue weighted by Gasteiger charge is 2.19. The number of hydrogen-bond acceptors (Lipinski definition) is 6. The Hall–Kier alpha value is -2.79. The summed E-state index contributed by atoms with van der Waals surface area (Å²) in [6.45, 7) is 12.7. The minimum absolute atomic E-state index is 0.610. The quantitative estimate of drug-likeness (QED) is 0.673. The molecule has 1 aliphatic rings. The van der Waals surface area contributed by atoms with Gasteiger partial charge in [0.15, 0.2) is 11.5 Å². The predicted octanol–water partition coefficient (Wildman–Crippen LogP) is 0.941. The largest absolute Gasteiger partial charge is 0.351 e. The smallest absolute Gasteiger partial charge is 0.222 e. The van der Waals surface area contributed by atoms with Gasteiger partial charge in [-0.1, -0.05) is 0 Å². The molecular weight excluding hydrogens is 280 g/mol. The molecule has 3 aromatic rings. The normalized spacial score (nSPS) is 15.4. The number of benzene rings is 1. The van der Waals surface area contributed by atoms with Gasteiger partial charge in [0.2, 0.25) is 5.65 Å². The van der Waals surface area contributed by atoms with Crippen LogP contribution < -0.4 is 10.2 Å². The predicted molar refractivity (Wildman–Crippen MR) is 82.2 cm³/mol. The summed E-state index contributed by atoms with van der Waals surface area (Å²) >= 11 is 0. The van der Waals surface area contributed by atoms with Crippen LogP contribution >= 0.6 is 0 Å². The van der Waals surface area contributed by atoms with Gasteiger partial charge in [0.1, 0.15) is 0 Å². The molecule has 1 fully saturated rings. The summed E-state index contributed by atoms with van der Waals surface area (Å²) in [6, 6.07) is 3.73. The van der Waals surface area contributed by atoms with Gasteiger partial charge < -0.3 is 10.2 Å². The maximum Gasteiger partial charge on any atom is 0.222 e. The van der Waals surface area contributed by atoms with Crippen LogP contribution in [0.1, 0.15) is 5.56 Å². The lowest BCUT2D eigenvalue weighted by molar-refractivity contribution is 0.586. The van der Waals surface area contributed by atoms with E-state index in [4.69, 9.17) is 11.6 Å². The van der Waals surface area contributed by atoms with Crippen LogP contribution in [0.25, 0.3) is 21.5 Å². The number of fused-ring (bicyclic) bond motifs is 3. The van der Waals surface area contributed by atoms with Gasteiger partial charge in [0.25, 0.3) is 0 Å². The van der Waals surface area contributed by atoms with E-state index < -0.39 is 0 Å². The number of anilines is 1. The highest BCUT2D eigenvalue weighted by Crippen LogP contribution is 2.28. The monoisotopic (exact) mass is 294 g/mol. The van der Waals surface area contributed by atoms with Gasteiger partial charge in [-0.25, -0.2) is 9.83 Å². The fourth-order valence-electron chi connectivity index (χ4n) is 2.79. The number of piperazine rings is 1. The number of aryl methyl sites for hydroxylation is 1. The molecule has 0 saturated carbocycles. The summed E-state index contributed by atoms with van der Waals surface area (Å²) in [5, 5.41) is 15.3. The summed E-state index contributed by atoms with van der Waals surface area (Å²) < 4.78 is 1.71. The van der Waals surface area contributed by atoms with Gasteiger partial charge in [-0.05, 0) is 35.0 Å². The Morgan fingerprint density at radius 3 is 2.86 bits per heavy atom. The van der Waals surface area contributed by atoms with Crippen LogP contribution in [0.3, 0.4) is 0 Å². The van der Waals surface area contributed by atoms with E-state index in [1.807, 2.05) is 19.1 Å². The first-order valence-electron chi connectivity index (χ1n) is 7.13. The molecule has 0 spiro atoms. The van der Waals surface area contributed by atoms with E-state index in [2.05, 4.69) is 30.6 Å². The van der Waals surface area contributed by atoms with Crippen LogP contribution in [0, 0.1) is 13.5 Å². The maximum atomic E-state index is 7.27. The summed E-state index contributed by atoms with van der Waals surface area (Å²) in [5.41, 5.74) is 3.73. The van der Waals surface area contributed by atoms with Crippen molar-refractivity contribution in [2.45, 2.75) is 6.92 Å². The number of tetrazole rings is 1. The van der Waals surface area contributed by atoms with Gasteiger partial charge in [-0.15, -0.1) is 5.10 Å². The molecule has 3 heterocycles. The molecule has 1 N–H and O–H groups in total.